The van der Waals surface area contributed by atoms with Gasteiger partial charge in [0.2, 0.25) is 5.88 Å². The Labute approximate surface area is 81.0 Å². The van der Waals surface area contributed by atoms with Crippen LogP contribution in [-0.2, 0) is 0 Å². The second kappa shape index (κ2) is 3.69. The highest BCUT2D eigenvalue weighted by Crippen LogP contribution is 2.18. The standard InChI is InChI=1S/C9H14N2O3/c1-5(2)6(3)11-8(13)4-7(12)10-9(11)14/h4-6,13H,1-3H3,(H,10,12,14). The van der Waals surface area contributed by atoms with Gasteiger partial charge in [0.1, 0.15) is 0 Å². The number of rotatable bonds is 2. The third-order valence-electron chi connectivity index (χ3n) is 2.33. The Morgan fingerprint density at radius 3 is 2.36 bits per heavy atom. The minimum atomic E-state index is -0.584. The summed E-state index contributed by atoms with van der Waals surface area (Å²) in [5.41, 5.74) is -1.16. The monoisotopic (exact) mass is 198 g/mol. The predicted molar refractivity (Wildman–Crippen MR) is 52.5 cm³/mol. The molecule has 1 aromatic heterocycles. The van der Waals surface area contributed by atoms with E-state index in [1.165, 1.54) is 4.57 Å². The Hall–Kier alpha value is -1.52. The van der Waals surface area contributed by atoms with Gasteiger partial charge in [0, 0.05) is 6.04 Å². The van der Waals surface area contributed by atoms with Crippen LogP contribution in [0.2, 0.25) is 0 Å². The molecular formula is C9H14N2O3. The van der Waals surface area contributed by atoms with Crippen molar-refractivity contribution in [2.45, 2.75) is 26.8 Å². The number of nitrogens with zero attached hydrogens (tertiary/aromatic N) is 1. The summed E-state index contributed by atoms with van der Waals surface area (Å²) in [7, 11) is 0. The van der Waals surface area contributed by atoms with Gasteiger partial charge in [0.15, 0.2) is 0 Å². The fraction of sp³-hybridized carbons (Fsp3) is 0.556. The molecule has 0 aliphatic heterocycles. The Morgan fingerprint density at radius 1 is 1.36 bits per heavy atom. The molecule has 0 radical (unpaired) electrons. The normalized spacial score (nSPS) is 13.1. The third kappa shape index (κ3) is 1.86. The smallest absolute Gasteiger partial charge is 0.331 e. The molecule has 5 nitrogen and oxygen atoms in total. The lowest BCUT2D eigenvalue weighted by atomic mass is 10.1. The highest BCUT2D eigenvalue weighted by atomic mass is 16.3. The molecule has 1 heterocycles. The average Bonchev–Trinajstić information content (AvgIpc) is 2.01. The maximum atomic E-state index is 11.4. The van der Waals surface area contributed by atoms with E-state index in [-0.39, 0.29) is 17.8 Å². The van der Waals surface area contributed by atoms with Crippen LogP contribution in [0.5, 0.6) is 5.88 Å². The van der Waals surface area contributed by atoms with Crippen LogP contribution >= 0.6 is 0 Å². The molecule has 5 heteroatoms. The van der Waals surface area contributed by atoms with E-state index < -0.39 is 11.2 Å². The van der Waals surface area contributed by atoms with Crippen molar-refractivity contribution in [1.82, 2.24) is 9.55 Å². The second-order valence-electron chi connectivity index (χ2n) is 3.65. The average molecular weight is 198 g/mol. The van der Waals surface area contributed by atoms with Crippen molar-refractivity contribution in [2.75, 3.05) is 0 Å². The molecule has 1 unspecified atom stereocenters. The van der Waals surface area contributed by atoms with E-state index in [0.29, 0.717) is 0 Å². The first-order chi connectivity index (χ1) is 6.43. The topological polar surface area (TPSA) is 75.1 Å². The molecule has 14 heavy (non-hydrogen) atoms. The summed E-state index contributed by atoms with van der Waals surface area (Å²) >= 11 is 0. The number of aromatic amines is 1. The van der Waals surface area contributed by atoms with E-state index in [1.54, 1.807) is 0 Å². The van der Waals surface area contributed by atoms with Gasteiger partial charge in [0.25, 0.3) is 5.56 Å². The van der Waals surface area contributed by atoms with Crippen molar-refractivity contribution < 1.29 is 5.11 Å². The van der Waals surface area contributed by atoms with Crippen molar-refractivity contribution in [3.05, 3.63) is 26.9 Å². The Balaban J connectivity index is 3.35. The zero-order chi connectivity index (χ0) is 10.9. The Kier molecular flexibility index (Phi) is 2.78. The van der Waals surface area contributed by atoms with Gasteiger partial charge in [-0.15, -0.1) is 0 Å². The fourth-order valence-corrected chi connectivity index (χ4v) is 1.18. The van der Waals surface area contributed by atoms with Crippen molar-refractivity contribution in [2.24, 2.45) is 5.92 Å². The first-order valence-electron chi connectivity index (χ1n) is 4.48. The zero-order valence-corrected chi connectivity index (χ0v) is 8.44. The summed E-state index contributed by atoms with van der Waals surface area (Å²) in [6.45, 7) is 5.67. The summed E-state index contributed by atoms with van der Waals surface area (Å²) in [5.74, 6) is -0.0931. The van der Waals surface area contributed by atoms with Crippen molar-refractivity contribution in [1.29, 1.82) is 0 Å². The van der Waals surface area contributed by atoms with Gasteiger partial charge in [-0.1, -0.05) is 13.8 Å². The molecule has 78 valence electrons. The molecule has 0 amide bonds. The second-order valence-corrected chi connectivity index (χ2v) is 3.65. The van der Waals surface area contributed by atoms with Crippen LogP contribution in [0.15, 0.2) is 15.7 Å². The van der Waals surface area contributed by atoms with Gasteiger partial charge in [-0.2, -0.15) is 0 Å². The van der Waals surface area contributed by atoms with Crippen molar-refractivity contribution in [3.8, 4) is 5.88 Å². The molecular weight excluding hydrogens is 184 g/mol. The number of hydrogen-bond donors (Lipinski definition) is 2. The number of aromatic hydroxyl groups is 1. The van der Waals surface area contributed by atoms with E-state index in [2.05, 4.69) is 4.98 Å². The molecule has 0 saturated heterocycles. The lowest BCUT2D eigenvalue weighted by Crippen LogP contribution is -2.32. The summed E-state index contributed by atoms with van der Waals surface area (Å²) in [4.78, 5) is 24.3. The third-order valence-corrected chi connectivity index (χ3v) is 2.33. The highest BCUT2D eigenvalue weighted by Gasteiger charge is 2.14. The Bertz CT molecular complexity index is 430. The minimum Gasteiger partial charge on any atom is -0.494 e. The molecule has 0 spiro atoms. The van der Waals surface area contributed by atoms with Gasteiger partial charge < -0.3 is 5.11 Å². The first-order valence-corrected chi connectivity index (χ1v) is 4.48. The summed E-state index contributed by atoms with van der Waals surface area (Å²) in [6.07, 6.45) is 0. The highest BCUT2D eigenvalue weighted by molar-refractivity contribution is 5.07. The number of aromatic nitrogens is 2. The molecule has 0 aliphatic carbocycles. The van der Waals surface area contributed by atoms with Gasteiger partial charge in [-0.25, -0.2) is 4.79 Å². The minimum absolute atomic E-state index is 0.153. The molecule has 1 atom stereocenters. The van der Waals surface area contributed by atoms with E-state index in [1.807, 2.05) is 20.8 Å². The van der Waals surface area contributed by atoms with Crippen LogP contribution in [0.25, 0.3) is 0 Å². The molecule has 0 saturated carbocycles. The van der Waals surface area contributed by atoms with Gasteiger partial charge in [0.05, 0.1) is 6.07 Å². The van der Waals surface area contributed by atoms with E-state index >= 15 is 0 Å². The number of nitrogens with one attached hydrogen (secondary N) is 1. The number of H-pyrrole nitrogens is 1. The largest absolute Gasteiger partial charge is 0.494 e. The SMILES string of the molecule is CC(C)C(C)n1c(O)cc(=O)[nH]c1=O. The van der Waals surface area contributed by atoms with Crippen molar-refractivity contribution in [3.63, 3.8) is 0 Å². The molecule has 0 aliphatic rings. The van der Waals surface area contributed by atoms with E-state index in [4.69, 9.17) is 0 Å². The summed E-state index contributed by atoms with van der Waals surface area (Å²) < 4.78 is 1.17. The van der Waals surface area contributed by atoms with Crippen LogP contribution < -0.4 is 11.2 Å². The molecule has 1 aromatic rings. The lowest BCUT2D eigenvalue weighted by Gasteiger charge is -2.18. The van der Waals surface area contributed by atoms with Gasteiger partial charge >= 0.3 is 5.69 Å². The fourth-order valence-electron chi connectivity index (χ4n) is 1.18. The summed E-state index contributed by atoms with van der Waals surface area (Å²) in [5, 5.41) is 9.43. The number of hydrogen-bond acceptors (Lipinski definition) is 3. The lowest BCUT2D eigenvalue weighted by molar-refractivity contribution is 0.325. The molecule has 1 rings (SSSR count). The molecule has 2 N–H and O–H groups in total. The van der Waals surface area contributed by atoms with Crippen LogP contribution in [0.1, 0.15) is 26.8 Å². The van der Waals surface area contributed by atoms with Crippen molar-refractivity contribution >= 4 is 0 Å². The van der Waals surface area contributed by atoms with E-state index in [0.717, 1.165) is 6.07 Å². The maximum absolute atomic E-state index is 11.4. The quantitative estimate of drug-likeness (QED) is 0.724. The van der Waals surface area contributed by atoms with E-state index in [9.17, 15) is 14.7 Å². The Morgan fingerprint density at radius 2 is 1.93 bits per heavy atom. The van der Waals surface area contributed by atoms with Crippen LogP contribution in [0.4, 0.5) is 0 Å². The van der Waals surface area contributed by atoms with Crippen LogP contribution in [0.3, 0.4) is 0 Å². The molecule has 0 aromatic carbocycles. The van der Waals surface area contributed by atoms with Gasteiger partial charge in [-0.3, -0.25) is 14.3 Å². The first kappa shape index (κ1) is 10.6. The van der Waals surface area contributed by atoms with Gasteiger partial charge in [-0.05, 0) is 12.8 Å². The van der Waals surface area contributed by atoms with Crippen LogP contribution in [-0.4, -0.2) is 14.7 Å². The summed E-state index contributed by atoms with van der Waals surface area (Å²) in [6, 6.07) is 0.847. The predicted octanol–water partition coefficient (Wildman–Crippen LogP) is 0.459. The molecule has 0 fully saturated rings. The maximum Gasteiger partial charge on any atom is 0.331 e. The van der Waals surface area contributed by atoms with Crippen LogP contribution in [0, 0.1) is 5.92 Å². The zero-order valence-electron chi connectivity index (χ0n) is 8.44. The molecule has 0 bridgehead atoms.